The van der Waals surface area contributed by atoms with Gasteiger partial charge in [0, 0.05) is 23.9 Å². The molecular weight excluding hydrogens is 246 g/mol. The molecule has 94 valence electrons. The van der Waals surface area contributed by atoms with Crippen LogP contribution in [0.1, 0.15) is 5.69 Å². The van der Waals surface area contributed by atoms with Crippen molar-refractivity contribution < 1.29 is 13.7 Å². The number of anilines is 1. The van der Waals surface area contributed by atoms with Gasteiger partial charge < -0.3 is 5.73 Å². The standard InChI is InChI=1S/C10H8F2N4O2/c1-5-2-10(13)14-15(5)8-4-9(16(17)18)7(12)3-6(8)11/h2-4H,1H3,(H2,13,14). The Bertz CT molecular complexity index is 639. The van der Waals surface area contributed by atoms with Crippen LogP contribution >= 0.6 is 0 Å². The van der Waals surface area contributed by atoms with Crippen molar-refractivity contribution in [3.63, 3.8) is 0 Å². The molecule has 1 aromatic carbocycles. The third-order valence-electron chi connectivity index (χ3n) is 2.35. The fourth-order valence-electron chi connectivity index (χ4n) is 1.57. The second kappa shape index (κ2) is 4.06. The highest BCUT2D eigenvalue weighted by Crippen LogP contribution is 2.25. The van der Waals surface area contributed by atoms with Gasteiger partial charge in [0.15, 0.2) is 5.82 Å². The van der Waals surface area contributed by atoms with E-state index in [2.05, 4.69) is 5.10 Å². The Kier molecular flexibility index (Phi) is 2.70. The molecule has 6 nitrogen and oxygen atoms in total. The average Bonchev–Trinajstić information content (AvgIpc) is 2.57. The summed E-state index contributed by atoms with van der Waals surface area (Å²) in [6, 6.07) is 2.70. The minimum absolute atomic E-state index is 0.138. The first-order valence-corrected chi connectivity index (χ1v) is 4.86. The molecule has 0 saturated heterocycles. The van der Waals surface area contributed by atoms with Crippen LogP contribution in [0.3, 0.4) is 0 Å². The molecule has 0 radical (unpaired) electrons. The van der Waals surface area contributed by atoms with Crippen molar-refractivity contribution in [1.29, 1.82) is 0 Å². The van der Waals surface area contributed by atoms with E-state index in [-0.39, 0.29) is 11.5 Å². The number of nitrogens with two attached hydrogens (primary N) is 1. The number of aryl methyl sites for hydroxylation is 1. The zero-order chi connectivity index (χ0) is 13.4. The van der Waals surface area contributed by atoms with Gasteiger partial charge in [-0.15, -0.1) is 0 Å². The van der Waals surface area contributed by atoms with Gasteiger partial charge in [0.05, 0.1) is 4.92 Å². The Morgan fingerprint density at radius 2 is 2.00 bits per heavy atom. The maximum absolute atomic E-state index is 13.6. The van der Waals surface area contributed by atoms with Gasteiger partial charge >= 0.3 is 5.69 Å². The Labute approximate surface area is 99.8 Å². The fourth-order valence-corrected chi connectivity index (χ4v) is 1.57. The Morgan fingerprint density at radius 1 is 1.33 bits per heavy atom. The highest BCUT2D eigenvalue weighted by Gasteiger charge is 2.20. The Balaban J connectivity index is 2.68. The predicted octanol–water partition coefficient (Wildman–Crippen LogP) is 1.95. The first-order chi connectivity index (χ1) is 8.40. The van der Waals surface area contributed by atoms with Gasteiger partial charge in [0.25, 0.3) is 0 Å². The molecule has 2 rings (SSSR count). The van der Waals surface area contributed by atoms with Gasteiger partial charge in [-0.05, 0) is 6.92 Å². The van der Waals surface area contributed by atoms with E-state index >= 15 is 0 Å². The summed E-state index contributed by atoms with van der Waals surface area (Å²) >= 11 is 0. The molecular formula is C10H8F2N4O2. The molecule has 0 bridgehead atoms. The second-order valence-electron chi connectivity index (χ2n) is 3.63. The molecule has 0 amide bonds. The van der Waals surface area contributed by atoms with Crippen LogP contribution < -0.4 is 5.73 Å². The van der Waals surface area contributed by atoms with Crippen LogP contribution in [0.25, 0.3) is 5.69 Å². The predicted molar refractivity (Wildman–Crippen MR) is 59.3 cm³/mol. The molecule has 0 saturated carbocycles. The molecule has 0 fully saturated rings. The summed E-state index contributed by atoms with van der Waals surface area (Å²) in [6.45, 7) is 1.60. The van der Waals surface area contributed by atoms with E-state index in [1.807, 2.05) is 0 Å². The fraction of sp³-hybridized carbons (Fsp3) is 0.100. The molecule has 0 atom stereocenters. The van der Waals surface area contributed by atoms with Crippen molar-refractivity contribution in [3.05, 3.63) is 45.6 Å². The smallest absolute Gasteiger partial charge is 0.307 e. The third kappa shape index (κ3) is 1.88. The van der Waals surface area contributed by atoms with Crippen molar-refractivity contribution >= 4 is 11.5 Å². The number of benzene rings is 1. The van der Waals surface area contributed by atoms with Crippen LogP contribution in [0, 0.1) is 28.7 Å². The lowest BCUT2D eigenvalue weighted by molar-refractivity contribution is -0.387. The second-order valence-corrected chi connectivity index (χ2v) is 3.63. The maximum Gasteiger partial charge on any atom is 0.307 e. The van der Waals surface area contributed by atoms with Crippen LogP contribution in [-0.4, -0.2) is 14.7 Å². The quantitative estimate of drug-likeness (QED) is 0.655. The summed E-state index contributed by atoms with van der Waals surface area (Å²) in [5.74, 6) is -2.05. The summed E-state index contributed by atoms with van der Waals surface area (Å²) in [5.41, 5.74) is 4.87. The normalized spacial score (nSPS) is 10.6. The van der Waals surface area contributed by atoms with Gasteiger partial charge in [-0.1, -0.05) is 0 Å². The van der Waals surface area contributed by atoms with E-state index < -0.39 is 22.2 Å². The Morgan fingerprint density at radius 3 is 2.50 bits per heavy atom. The third-order valence-corrected chi connectivity index (χ3v) is 2.35. The topological polar surface area (TPSA) is 87.0 Å². The number of nitro groups is 1. The molecule has 18 heavy (non-hydrogen) atoms. The minimum Gasteiger partial charge on any atom is -0.382 e. The van der Waals surface area contributed by atoms with Crippen LogP contribution in [0.4, 0.5) is 20.3 Å². The van der Waals surface area contributed by atoms with E-state index in [0.29, 0.717) is 11.8 Å². The van der Waals surface area contributed by atoms with Crippen LogP contribution in [-0.2, 0) is 0 Å². The zero-order valence-corrected chi connectivity index (χ0v) is 9.22. The van der Waals surface area contributed by atoms with E-state index in [0.717, 1.165) is 10.7 Å². The number of nitrogens with zero attached hydrogens (tertiary/aromatic N) is 3. The number of rotatable bonds is 2. The zero-order valence-electron chi connectivity index (χ0n) is 9.22. The number of aromatic nitrogens is 2. The molecule has 0 unspecified atom stereocenters. The SMILES string of the molecule is Cc1cc(N)nn1-c1cc([N+](=O)[O-])c(F)cc1F. The van der Waals surface area contributed by atoms with Crippen LogP contribution in [0.15, 0.2) is 18.2 Å². The van der Waals surface area contributed by atoms with E-state index in [4.69, 9.17) is 5.73 Å². The van der Waals surface area contributed by atoms with Gasteiger partial charge in [0.1, 0.15) is 11.5 Å². The molecule has 2 N–H and O–H groups in total. The summed E-state index contributed by atoms with van der Waals surface area (Å²) in [4.78, 5) is 9.67. The average molecular weight is 254 g/mol. The van der Waals surface area contributed by atoms with E-state index in [9.17, 15) is 18.9 Å². The number of halogens is 2. The van der Waals surface area contributed by atoms with Gasteiger partial charge in [-0.2, -0.15) is 9.49 Å². The maximum atomic E-state index is 13.6. The lowest BCUT2D eigenvalue weighted by atomic mass is 10.2. The van der Waals surface area contributed by atoms with Gasteiger partial charge in [0.2, 0.25) is 5.82 Å². The Hall–Kier alpha value is -2.51. The molecule has 2 aromatic rings. The monoisotopic (exact) mass is 254 g/mol. The van der Waals surface area contributed by atoms with Crippen molar-refractivity contribution in [2.45, 2.75) is 6.92 Å². The van der Waals surface area contributed by atoms with Gasteiger partial charge in [-0.3, -0.25) is 10.1 Å². The first-order valence-electron chi connectivity index (χ1n) is 4.86. The lowest BCUT2D eigenvalue weighted by Gasteiger charge is -2.06. The minimum atomic E-state index is -1.24. The largest absolute Gasteiger partial charge is 0.382 e. The molecule has 1 heterocycles. The van der Waals surface area contributed by atoms with Crippen LogP contribution in [0.2, 0.25) is 0 Å². The lowest BCUT2D eigenvalue weighted by Crippen LogP contribution is -2.05. The molecule has 8 heteroatoms. The summed E-state index contributed by atoms with van der Waals surface area (Å²) in [5, 5.41) is 14.4. The van der Waals surface area contributed by atoms with Gasteiger partial charge in [-0.25, -0.2) is 9.07 Å². The van der Waals surface area contributed by atoms with E-state index in [1.54, 1.807) is 6.92 Å². The van der Waals surface area contributed by atoms with E-state index in [1.165, 1.54) is 6.07 Å². The van der Waals surface area contributed by atoms with Crippen molar-refractivity contribution in [2.75, 3.05) is 5.73 Å². The molecule has 0 spiro atoms. The number of hydrogen-bond acceptors (Lipinski definition) is 4. The van der Waals surface area contributed by atoms with Crippen LogP contribution in [0.5, 0.6) is 0 Å². The summed E-state index contributed by atoms with van der Waals surface area (Å²) < 4.78 is 27.9. The van der Waals surface area contributed by atoms with Crippen molar-refractivity contribution in [2.24, 2.45) is 0 Å². The number of nitrogen functional groups attached to an aromatic ring is 1. The highest BCUT2D eigenvalue weighted by atomic mass is 19.1. The molecule has 1 aromatic heterocycles. The first kappa shape index (κ1) is 12.0. The highest BCUT2D eigenvalue weighted by molar-refractivity contribution is 5.47. The summed E-state index contributed by atoms with van der Waals surface area (Å²) in [6.07, 6.45) is 0. The number of nitro benzene ring substituents is 1. The molecule has 0 aliphatic heterocycles. The van der Waals surface area contributed by atoms with Crippen molar-refractivity contribution in [1.82, 2.24) is 9.78 Å². The van der Waals surface area contributed by atoms with Crippen molar-refractivity contribution in [3.8, 4) is 5.69 Å². The molecule has 0 aliphatic carbocycles. The summed E-state index contributed by atoms with van der Waals surface area (Å²) in [7, 11) is 0. The number of hydrogen-bond donors (Lipinski definition) is 1. The molecule has 0 aliphatic rings.